The predicted molar refractivity (Wildman–Crippen MR) is 136 cm³/mol. The summed E-state index contributed by atoms with van der Waals surface area (Å²) in [5.41, 5.74) is 5.28. The number of anilines is 1. The molecule has 1 aromatic heterocycles. The minimum Gasteiger partial charge on any atom is -0.477 e. The number of hydrogen-bond acceptors (Lipinski definition) is 11. The van der Waals surface area contributed by atoms with Crippen molar-refractivity contribution < 1.29 is 29.3 Å². The Labute approximate surface area is 216 Å². The minimum atomic E-state index is -1.16. The maximum Gasteiger partial charge on any atom is 0.353 e. The zero-order valence-corrected chi connectivity index (χ0v) is 21.7. The predicted octanol–water partition coefficient (Wildman–Crippen LogP) is -0.238. The van der Waals surface area contributed by atoms with E-state index in [2.05, 4.69) is 32.0 Å². The number of β-lactam (4-membered cyclic amide) rings is 1. The third-order valence-corrected chi connectivity index (χ3v) is 10.5. The maximum absolute atomic E-state index is 12.9. The monoisotopic (exact) mass is 556 g/mol. The Morgan fingerprint density at radius 1 is 1.40 bits per heavy atom. The lowest BCUT2D eigenvalue weighted by molar-refractivity contribution is -0.580. The molecule has 4 aliphatic heterocycles. The number of carbonyl (C=O) groups excluding carboxylic acids is 2. The van der Waals surface area contributed by atoms with Crippen LogP contribution in [0.25, 0.3) is 0 Å². The summed E-state index contributed by atoms with van der Waals surface area (Å²) in [6.45, 7) is 2.69. The van der Waals surface area contributed by atoms with E-state index in [4.69, 9.17) is 5.73 Å². The van der Waals surface area contributed by atoms with Crippen LogP contribution in [0.15, 0.2) is 21.1 Å². The summed E-state index contributed by atoms with van der Waals surface area (Å²) in [6.07, 6.45) is 0. The molecule has 5 N–H and O–H groups in total. The first-order valence-corrected chi connectivity index (χ1v) is 14.4. The second-order valence-electron chi connectivity index (χ2n) is 8.15. The third-order valence-electron chi connectivity index (χ3n) is 5.91. The normalized spacial score (nSPS) is 26.5. The number of nitrogen functional groups attached to an aromatic ring is 1. The van der Waals surface area contributed by atoms with Gasteiger partial charge in [-0.15, -0.1) is 34.9 Å². The largest absolute Gasteiger partial charge is 0.477 e. The first kappa shape index (κ1) is 24.3. The van der Waals surface area contributed by atoms with Gasteiger partial charge in [-0.3, -0.25) is 24.0 Å². The van der Waals surface area contributed by atoms with Gasteiger partial charge in [0.2, 0.25) is 0 Å². The number of thioether (sulfide) groups is 3. The highest BCUT2D eigenvalue weighted by Crippen LogP contribution is 2.45. The van der Waals surface area contributed by atoms with Crippen molar-refractivity contribution in [3.05, 3.63) is 21.7 Å². The van der Waals surface area contributed by atoms with Crippen LogP contribution in [-0.2, 0) is 14.4 Å². The maximum atomic E-state index is 12.9. The van der Waals surface area contributed by atoms with Crippen LogP contribution in [-0.4, -0.2) is 113 Å². The average Bonchev–Trinajstić information content (AvgIpc) is 3.42. The highest BCUT2D eigenvalue weighted by Gasteiger charge is 2.55. The van der Waals surface area contributed by atoms with Crippen molar-refractivity contribution in [2.24, 2.45) is 5.16 Å². The van der Waals surface area contributed by atoms with Crippen LogP contribution in [0.2, 0.25) is 0 Å². The number of carboxylic acids is 1. The number of rotatable bonds is 6. The molecular weight excluding hydrogens is 535 g/mol. The molecule has 0 radical (unpaired) electrons. The van der Waals surface area contributed by atoms with Gasteiger partial charge in [-0.1, -0.05) is 5.16 Å². The van der Waals surface area contributed by atoms with Gasteiger partial charge < -0.3 is 21.4 Å². The van der Waals surface area contributed by atoms with Crippen LogP contribution in [0, 0.1) is 0 Å². The summed E-state index contributed by atoms with van der Waals surface area (Å²) < 4.78 is 2.30. The second-order valence-corrected chi connectivity index (χ2v) is 12.6. The van der Waals surface area contributed by atoms with Crippen molar-refractivity contribution in [1.82, 2.24) is 20.1 Å². The zero-order valence-electron chi connectivity index (χ0n) is 18.4. The Bertz CT molecular complexity index is 1190. The number of nitrogens with one attached hydrogen (secondary N) is 1. The molecular formula is C19H22N7O5S4+. The molecule has 0 aliphatic carbocycles. The molecule has 12 nitrogen and oxygen atoms in total. The van der Waals surface area contributed by atoms with Gasteiger partial charge in [-0.2, -0.15) is 0 Å². The lowest BCUT2D eigenvalue weighted by Crippen LogP contribution is -2.71. The van der Waals surface area contributed by atoms with Crippen LogP contribution in [0.3, 0.4) is 0 Å². The first-order valence-electron chi connectivity index (χ1n) is 10.6. The molecule has 3 saturated heterocycles. The molecule has 0 unspecified atom stereocenters. The van der Waals surface area contributed by atoms with Gasteiger partial charge in [0.05, 0.1) is 18.8 Å². The highest BCUT2D eigenvalue weighted by atomic mass is 32.2. The minimum absolute atomic E-state index is 0.0176. The number of hydrogen-bond donors (Lipinski definition) is 4. The molecule has 186 valence electrons. The fourth-order valence-electron chi connectivity index (χ4n) is 4.18. The van der Waals surface area contributed by atoms with Crippen LogP contribution in [0.5, 0.6) is 0 Å². The summed E-state index contributed by atoms with van der Waals surface area (Å²) >= 11 is 5.83. The van der Waals surface area contributed by atoms with Crippen molar-refractivity contribution in [2.45, 2.75) is 16.7 Å². The molecule has 5 rings (SSSR count). The number of fused-ring (bicyclic) bond motifs is 1. The van der Waals surface area contributed by atoms with E-state index in [0.29, 0.717) is 10.7 Å². The Kier molecular flexibility index (Phi) is 6.63. The molecule has 0 spiro atoms. The van der Waals surface area contributed by atoms with Gasteiger partial charge in [0.15, 0.2) is 10.8 Å². The van der Waals surface area contributed by atoms with E-state index in [-0.39, 0.29) is 27.5 Å². The standard InChI is InChI=1S/C19H21N7O5S4/c1-24-2-3-32-19(24)25-4-8(5-25)35-10-7-33-16-12(15(28)26(16)13(10)17(29)30)22-14(27)11(23-31)9-6-34-18(20)21-9/h6,8,12,16H,2-5,7H2,1H3,(H4-,20,21,22,27,29,30,31)/p+1/t12-,16-/m1/s1. The van der Waals surface area contributed by atoms with Crippen molar-refractivity contribution in [3.8, 4) is 0 Å². The number of carboxylic acid groups (broad SMARTS) is 1. The average molecular weight is 557 g/mol. The van der Waals surface area contributed by atoms with Crippen LogP contribution in [0.1, 0.15) is 5.69 Å². The van der Waals surface area contributed by atoms with Crippen molar-refractivity contribution in [2.75, 3.05) is 43.9 Å². The molecule has 3 fully saturated rings. The van der Waals surface area contributed by atoms with E-state index in [1.807, 2.05) is 11.8 Å². The van der Waals surface area contributed by atoms with E-state index in [0.717, 1.165) is 36.7 Å². The van der Waals surface area contributed by atoms with Crippen molar-refractivity contribution >= 4 is 80.4 Å². The number of aromatic nitrogens is 1. The summed E-state index contributed by atoms with van der Waals surface area (Å²) in [6, 6.07) is -0.938. The van der Waals surface area contributed by atoms with E-state index >= 15 is 0 Å². The van der Waals surface area contributed by atoms with Gasteiger partial charge in [-0.25, -0.2) is 9.78 Å². The van der Waals surface area contributed by atoms with Gasteiger partial charge >= 0.3 is 11.1 Å². The highest BCUT2D eigenvalue weighted by molar-refractivity contribution is 8.13. The smallest absolute Gasteiger partial charge is 0.353 e. The van der Waals surface area contributed by atoms with E-state index in [9.17, 15) is 24.7 Å². The number of nitrogens with zero attached hydrogens (tertiary/aromatic N) is 5. The van der Waals surface area contributed by atoms with Crippen molar-refractivity contribution in [3.63, 3.8) is 0 Å². The van der Waals surface area contributed by atoms with E-state index in [1.54, 1.807) is 0 Å². The lowest BCUT2D eigenvalue weighted by Gasteiger charge is -2.49. The SMILES string of the molecule is CN1CCSC1=[N+]1CC(SC2=C(C(=O)O)N3C(=O)[C@@H](NC(=O)/C(=N\O)c4csc(N)n4)[C@H]3SC2)C1. The lowest BCUT2D eigenvalue weighted by atomic mass is 10.0. The number of thiazole rings is 1. The molecule has 0 aromatic carbocycles. The van der Waals surface area contributed by atoms with Gasteiger partial charge in [0.1, 0.15) is 35.9 Å². The molecule has 0 bridgehead atoms. The van der Waals surface area contributed by atoms with Gasteiger partial charge in [0.25, 0.3) is 11.8 Å². The van der Waals surface area contributed by atoms with Crippen LogP contribution >= 0.6 is 46.6 Å². The Balaban J connectivity index is 1.26. The molecule has 16 heteroatoms. The first-order chi connectivity index (χ1) is 16.8. The molecule has 2 atom stereocenters. The van der Waals surface area contributed by atoms with Crippen molar-refractivity contribution in [1.29, 1.82) is 0 Å². The third kappa shape index (κ3) is 4.36. The van der Waals surface area contributed by atoms with E-state index < -0.39 is 29.2 Å². The quantitative estimate of drug-likeness (QED) is 0.120. The Morgan fingerprint density at radius 3 is 2.77 bits per heavy atom. The molecule has 5 heterocycles. The van der Waals surface area contributed by atoms with Gasteiger partial charge in [0, 0.05) is 21.8 Å². The molecule has 1 aromatic rings. The van der Waals surface area contributed by atoms with Gasteiger partial charge in [-0.05, 0) is 11.8 Å². The molecule has 0 saturated carbocycles. The molecule has 2 amide bonds. The molecule has 4 aliphatic rings. The number of oxime groups is 1. The number of nitrogens with two attached hydrogens (primary N) is 1. The van der Waals surface area contributed by atoms with Crippen LogP contribution < -0.4 is 11.1 Å². The Hall–Kier alpha value is -2.43. The zero-order chi connectivity index (χ0) is 24.9. The second kappa shape index (κ2) is 9.55. The summed E-state index contributed by atoms with van der Waals surface area (Å²) in [7, 11) is 2.07. The fourth-order valence-corrected chi connectivity index (χ4v) is 8.80. The topological polar surface area (TPSA) is 164 Å². The number of amidine groups is 1. The number of carbonyl (C=O) groups is 3. The Morgan fingerprint density at radius 2 is 2.17 bits per heavy atom. The summed E-state index contributed by atoms with van der Waals surface area (Å²) in [4.78, 5) is 45.7. The number of amides is 2. The number of aliphatic carboxylic acids is 1. The fraction of sp³-hybridized carbons (Fsp3) is 0.474. The van der Waals surface area contributed by atoms with E-state index in [1.165, 1.54) is 39.0 Å². The van der Waals surface area contributed by atoms with Crippen LogP contribution in [0.4, 0.5) is 5.13 Å². The molecule has 35 heavy (non-hydrogen) atoms. The summed E-state index contributed by atoms with van der Waals surface area (Å²) in [5.74, 6) is -0.971. The summed E-state index contributed by atoms with van der Waals surface area (Å²) in [5, 5.41) is 27.3.